The van der Waals surface area contributed by atoms with E-state index in [1.165, 1.54) is 38.2 Å². The summed E-state index contributed by atoms with van der Waals surface area (Å²) in [6.45, 7) is 1.02. The van der Waals surface area contributed by atoms with E-state index in [9.17, 15) is 17.6 Å². The number of halogens is 4. The molecule has 0 radical (unpaired) electrons. The lowest BCUT2D eigenvalue weighted by molar-refractivity contribution is -0.138. The molecule has 2 fully saturated rings. The Kier molecular flexibility index (Phi) is 6.60. The lowest BCUT2D eigenvalue weighted by Crippen LogP contribution is -2.32. The van der Waals surface area contributed by atoms with E-state index in [2.05, 4.69) is 5.32 Å². The van der Waals surface area contributed by atoms with Gasteiger partial charge < -0.3 is 5.32 Å². The van der Waals surface area contributed by atoms with E-state index >= 15 is 0 Å². The highest BCUT2D eigenvalue weighted by atomic mass is 19.4. The minimum Gasteiger partial charge on any atom is -0.314 e. The minimum atomic E-state index is -4.49. The molecular formula is C21H29F4N. The van der Waals surface area contributed by atoms with Crippen LogP contribution in [0.3, 0.4) is 0 Å². The first kappa shape index (κ1) is 19.7. The molecule has 0 saturated heterocycles. The molecule has 0 aliphatic heterocycles. The molecule has 5 heteroatoms. The largest absolute Gasteiger partial charge is 0.416 e. The Morgan fingerprint density at radius 2 is 1.62 bits per heavy atom. The fourth-order valence-electron chi connectivity index (χ4n) is 4.69. The van der Waals surface area contributed by atoms with Gasteiger partial charge in [-0.3, -0.25) is 0 Å². The van der Waals surface area contributed by atoms with Gasteiger partial charge in [0.05, 0.1) is 5.56 Å². The lowest BCUT2D eigenvalue weighted by Gasteiger charge is -2.31. The Balaban J connectivity index is 1.49. The van der Waals surface area contributed by atoms with Gasteiger partial charge in [0.25, 0.3) is 0 Å². The molecule has 3 rings (SSSR count). The van der Waals surface area contributed by atoms with Crippen molar-refractivity contribution in [2.75, 3.05) is 6.54 Å². The van der Waals surface area contributed by atoms with E-state index in [4.69, 9.17) is 0 Å². The van der Waals surface area contributed by atoms with Gasteiger partial charge in [-0.15, -0.1) is 0 Å². The molecule has 0 bridgehead atoms. The maximum atomic E-state index is 13.3. The van der Waals surface area contributed by atoms with E-state index in [-0.39, 0.29) is 11.5 Å². The smallest absolute Gasteiger partial charge is 0.314 e. The summed E-state index contributed by atoms with van der Waals surface area (Å²) in [7, 11) is 0. The Morgan fingerprint density at radius 3 is 2.27 bits per heavy atom. The summed E-state index contributed by atoms with van der Waals surface area (Å²) in [5, 5.41) is 3.66. The first-order chi connectivity index (χ1) is 12.4. The molecule has 2 saturated carbocycles. The van der Waals surface area contributed by atoms with Crippen LogP contribution in [0.5, 0.6) is 0 Å². The van der Waals surface area contributed by atoms with Gasteiger partial charge in [-0.1, -0.05) is 25.3 Å². The molecule has 0 aromatic heterocycles. The molecule has 1 aromatic carbocycles. The van der Waals surface area contributed by atoms with Crippen molar-refractivity contribution in [2.45, 2.75) is 82.3 Å². The van der Waals surface area contributed by atoms with Crippen molar-refractivity contribution in [3.8, 4) is 0 Å². The van der Waals surface area contributed by atoms with Crippen LogP contribution in [0.1, 0.15) is 81.3 Å². The predicted molar refractivity (Wildman–Crippen MR) is 95.6 cm³/mol. The minimum absolute atomic E-state index is 0.102. The van der Waals surface area contributed by atoms with Crippen molar-refractivity contribution >= 4 is 0 Å². The van der Waals surface area contributed by atoms with Gasteiger partial charge in [-0.25, -0.2) is 4.39 Å². The van der Waals surface area contributed by atoms with Crippen LogP contribution < -0.4 is 5.32 Å². The average molecular weight is 371 g/mol. The molecule has 0 spiro atoms. The Morgan fingerprint density at radius 1 is 0.923 bits per heavy atom. The number of hydrogen-bond donors (Lipinski definition) is 1. The van der Waals surface area contributed by atoms with Crippen molar-refractivity contribution in [1.29, 1.82) is 0 Å². The van der Waals surface area contributed by atoms with Crippen LogP contribution in [0, 0.1) is 11.7 Å². The lowest BCUT2D eigenvalue weighted by atomic mass is 9.76. The standard InChI is InChI=1S/C21H29F4N/c22-17-10-11-19(20(14-17)21(23,24)25)16-8-6-15(7-9-16)12-13-26-18-4-2-1-3-5-18/h10-11,14-16,18,26H,1-9,12-13H2. The third kappa shape index (κ3) is 5.21. The second-order valence-corrected chi connectivity index (χ2v) is 8.02. The third-order valence-corrected chi connectivity index (χ3v) is 6.20. The van der Waals surface area contributed by atoms with Gasteiger partial charge in [-0.2, -0.15) is 13.2 Å². The number of nitrogens with one attached hydrogen (secondary N) is 1. The molecule has 0 heterocycles. The second-order valence-electron chi connectivity index (χ2n) is 8.02. The quantitative estimate of drug-likeness (QED) is 0.588. The molecule has 2 aliphatic rings. The Labute approximate surface area is 153 Å². The zero-order valence-corrected chi connectivity index (χ0v) is 15.3. The highest BCUT2D eigenvalue weighted by molar-refractivity contribution is 5.33. The van der Waals surface area contributed by atoms with Crippen molar-refractivity contribution in [3.63, 3.8) is 0 Å². The summed E-state index contributed by atoms with van der Waals surface area (Å²) in [5.41, 5.74) is -0.516. The van der Waals surface area contributed by atoms with E-state index in [0.717, 1.165) is 44.7 Å². The first-order valence-corrected chi connectivity index (χ1v) is 10.0. The van der Waals surface area contributed by atoms with E-state index in [1.807, 2.05) is 0 Å². The predicted octanol–water partition coefficient (Wildman–Crippen LogP) is 6.43. The molecule has 0 unspecified atom stereocenters. The maximum Gasteiger partial charge on any atom is 0.416 e. The summed E-state index contributed by atoms with van der Waals surface area (Å²) in [6.07, 6.45) is 6.63. The van der Waals surface area contributed by atoms with Crippen molar-refractivity contribution < 1.29 is 17.6 Å². The SMILES string of the molecule is Fc1ccc(C2CCC(CCNC3CCCCC3)CC2)c(C(F)(F)F)c1. The molecule has 1 N–H and O–H groups in total. The number of benzene rings is 1. The van der Waals surface area contributed by atoms with Crippen molar-refractivity contribution in [2.24, 2.45) is 5.92 Å². The number of rotatable bonds is 5. The van der Waals surface area contributed by atoms with Crippen LogP contribution in [0.2, 0.25) is 0 Å². The maximum absolute atomic E-state index is 13.3. The molecule has 0 amide bonds. The van der Waals surface area contributed by atoms with Crippen LogP contribution in [0.15, 0.2) is 18.2 Å². The summed E-state index contributed by atoms with van der Waals surface area (Å²) in [5.74, 6) is -0.324. The van der Waals surface area contributed by atoms with Crippen LogP contribution in [-0.4, -0.2) is 12.6 Å². The van der Waals surface area contributed by atoms with Crippen LogP contribution >= 0.6 is 0 Å². The van der Waals surface area contributed by atoms with Crippen LogP contribution in [0.4, 0.5) is 17.6 Å². The zero-order chi connectivity index (χ0) is 18.6. The monoisotopic (exact) mass is 371 g/mol. The fraction of sp³-hybridized carbons (Fsp3) is 0.714. The summed E-state index contributed by atoms with van der Waals surface area (Å²) in [6, 6.07) is 3.81. The molecule has 26 heavy (non-hydrogen) atoms. The fourth-order valence-corrected chi connectivity index (χ4v) is 4.69. The molecular weight excluding hydrogens is 342 g/mol. The van der Waals surface area contributed by atoms with Gasteiger partial charge in [0, 0.05) is 6.04 Å². The summed E-state index contributed by atoms with van der Waals surface area (Å²) in [4.78, 5) is 0. The van der Waals surface area contributed by atoms with Gasteiger partial charge in [0.1, 0.15) is 5.82 Å². The van der Waals surface area contributed by atoms with Crippen molar-refractivity contribution in [3.05, 3.63) is 35.1 Å². The average Bonchev–Trinajstić information content (AvgIpc) is 2.63. The molecule has 2 aliphatic carbocycles. The van der Waals surface area contributed by atoms with E-state index < -0.39 is 17.6 Å². The Bertz CT molecular complexity index is 570. The summed E-state index contributed by atoms with van der Waals surface area (Å²) >= 11 is 0. The van der Waals surface area contributed by atoms with Gasteiger partial charge in [0.15, 0.2) is 0 Å². The molecule has 146 valence electrons. The van der Waals surface area contributed by atoms with Crippen LogP contribution in [0.25, 0.3) is 0 Å². The van der Waals surface area contributed by atoms with E-state index in [0.29, 0.717) is 18.0 Å². The second kappa shape index (κ2) is 8.73. The van der Waals surface area contributed by atoms with Gasteiger partial charge in [0.2, 0.25) is 0 Å². The number of alkyl halides is 3. The third-order valence-electron chi connectivity index (χ3n) is 6.20. The van der Waals surface area contributed by atoms with Crippen LogP contribution in [-0.2, 0) is 6.18 Å². The highest BCUT2D eigenvalue weighted by Gasteiger charge is 2.36. The Hall–Kier alpha value is -1.10. The van der Waals surface area contributed by atoms with E-state index in [1.54, 1.807) is 0 Å². The van der Waals surface area contributed by atoms with Gasteiger partial charge >= 0.3 is 6.18 Å². The highest BCUT2D eigenvalue weighted by Crippen LogP contribution is 2.42. The molecule has 1 aromatic rings. The summed E-state index contributed by atoms with van der Waals surface area (Å²) < 4.78 is 53.0. The topological polar surface area (TPSA) is 12.0 Å². The normalized spacial score (nSPS) is 25.4. The molecule has 0 atom stereocenters. The first-order valence-electron chi connectivity index (χ1n) is 10.0. The van der Waals surface area contributed by atoms with Gasteiger partial charge in [-0.05, 0) is 81.0 Å². The molecule has 1 nitrogen and oxygen atoms in total. The zero-order valence-electron chi connectivity index (χ0n) is 15.3. The van der Waals surface area contributed by atoms with Crippen molar-refractivity contribution in [1.82, 2.24) is 5.32 Å². The number of hydrogen-bond acceptors (Lipinski definition) is 1.